The van der Waals surface area contributed by atoms with Crippen LogP contribution in [-0.4, -0.2) is 46.5 Å². The molecule has 2 heterocycles. The van der Waals surface area contributed by atoms with Gasteiger partial charge in [-0.15, -0.1) is 0 Å². The second-order valence-corrected chi connectivity index (χ2v) is 6.14. The zero-order chi connectivity index (χ0) is 23.7. The maximum atomic E-state index is 13.5. The number of nitrogens with zero attached hydrogens (tertiary/aromatic N) is 3. The highest BCUT2D eigenvalue weighted by Crippen LogP contribution is 2.53. The highest BCUT2D eigenvalue weighted by Gasteiger charge is 2.81. The van der Waals surface area contributed by atoms with E-state index < -0.39 is 47.4 Å². The Morgan fingerprint density at radius 1 is 1.06 bits per heavy atom. The van der Waals surface area contributed by atoms with Crippen LogP contribution < -0.4 is 15.0 Å². The lowest BCUT2D eigenvalue weighted by Gasteiger charge is -2.33. The smallest absolute Gasteiger partial charge is 0.460 e. The van der Waals surface area contributed by atoms with Crippen LogP contribution in [0.1, 0.15) is 10.4 Å². The molecule has 16 heteroatoms. The second kappa shape index (κ2) is 8.36. The Bertz CT molecular complexity index is 942. The van der Waals surface area contributed by atoms with Crippen molar-refractivity contribution in [1.82, 2.24) is 10.1 Å². The molecule has 0 aliphatic heterocycles. The van der Waals surface area contributed by atoms with Gasteiger partial charge in [-0.1, -0.05) is 17.0 Å². The van der Waals surface area contributed by atoms with Crippen LogP contribution in [0.3, 0.4) is 0 Å². The molecule has 0 saturated carbocycles. The summed E-state index contributed by atoms with van der Waals surface area (Å²) < 4.78 is 119. The van der Waals surface area contributed by atoms with Crippen LogP contribution >= 0.6 is 11.6 Å². The molecule has 0 spiro atoms. The monoisotopic (exact) mass is 483 g/mol. The van der Waals surface area contributed by atoms with Gasteiger partial charge < -0.3 is 4.74 Å². The van der Waals surface area contributed by atoms with Crippen molar-refractivity contribution in [2.24, 2.45) is 0 Å². The maximum Gasteiger partial charge on any atom is 0.460 e. The molecule has 0 bridgehead atoms. The Labute approximate surface area is 171 Å². The highest BCUT2D eigenvalue weighted by atomic mass is 35.5. The number of aromatic nitrogens is 3. The van der Waals surface area contributed by atoms with Crippen LogP contribution in [0.25, 0.3) is 0 Å². The Hall–Kier alpha value is -2.84. The summed E-state index contributed by atoms with van der Waals surface area (Å²) in [5.41, 5.74) is 1.95. The average Bonchev–Trinajstić information content (AvgIpc) is 2.66. The fraction of sp³-hybridized carbons (Fsp3) is 0.333. The van der Waals surface area contributed by atoms with E-state index in [2.05, 4.69) is 20.2 Å². The number of carbonyl (C=O) groups excluding carboxylic acids is 1. The summed E-state index contributed by atoms with van der Waals surface area (Å²) in [7, 11) is 0. The second-order valence-electron chi connectivity index (χ2n) is 5.73. The number of nitrogens with one attached hydrogen (secondary N) is 1. The molecule has 31 heavy (non-hydrogen) atoms. The van der Waals surface area contributed by atoms with E-state index in [0.29, 0.717) is 6.20 Å². The molecule has 0 aliphatic carbocycles. The number of halogens is 10. The Balaban J connectivity index is 2.14. The summed E-state index contributed by atoms with van der Waals surface area (Å²) in [4.78, 5) is 16.3. The molecule has 6 nitrogen and oxygen atoms in total. The first-order valence-corrected chi connectivity index (χ1v) is 8.11. The molecular formula is C15H9ClF9N4O2+. The molecule has 1 amide bonds. The molecule has 0 radical (unpaired) electrons. The van der Waals surface area contributed by atoms with Crippen molar-refractivity contribution >= 4 is 17.5 Å². The quantitative estimate of drug-likeness (QED) is 0.482. The predicted octanol–water partition coefficient (Wildman–Crippen LogP) is 3.65. The number of hydrogen-bond acceptors (Lipinski definition) is 4. The molecular weight excluding hydrogens is 475 g/mol. The van der Waals surface area contributed by atoms with Crippen LogP contribution in [0.2, 0.25) is 5.02 Å². The molecule has 170 valence electrons. The van der Waals surface area contributed by atoms with Crippen molar-refractivity contribution in [1.29, 1.82) is 0 Å². The van der Waals surface area contributed by atoms with E-state index >= 15 is 0 Å². The molecule has 0 saturated heterocycles. The summed E-state index contributed by atoms with van der Waals surface area (Å²) in [6.07, 6.45) is -3.60. The number of hydrogen-bond donors (Lipinski definition) is 1. The molecule has 0 fully saturated rings. The summed E-state index contributed by atoms with van der Waals surface area (Å²) in [5, 5.41) is 3.02. The SMILES string of the molecule is O=C(N[n+]1ccccn1)c1cnc(OCC(F)(F)C(F)(F)C(F)(F)C(F)(F)F)c(Cl)c1. The maximum absolute atomic E-state index is 13.5. The average molecular weight is 484 g/mol. The van der Waals surface area contributed by atoms with Gasteiger partial charge in [0.2, 0.25) is 12.1 Å². The standard InChI is InChI=1S/C15H8ClF9N4O2/c16-9-5-8(10(30)28-29-4-2-1-3-27-29)6-26-11(9)31-7-12(17,18)13(19,20)14(21,22)15(23,24)25/h1-6H,7H2/p+1. The van der Waals surface area contributed by atoms with Crippen molar-refractivity contribution in [2.75, 3.05) is 12.0 Å². The van der Waals surface area contributed by atoms with E-state index in [1.54, 1.807) is 0 Å². The zero-order valence-electron chi connectivity index (χ0n) is 14.6. The van der Waals surface area contributed by atoms with Crippen LogP contribution in [-0.2, 0) is 0 Å². The highest BCUT2D eigenvalue weighted by molar-refractivity contribution is 6.32. The van der Waals surface area contributed by atoms with Gasteiger partial charge in [-0.25, -0.2) is 4.98 Å². The fourth-order valence-electron chi connectivity index (χ4n) is 1.88. The summed E-state index contributed by atoms with van der Waals surface area (Å²) >= 11 is 5.63. The molecule has 0 aromatic carbocycles. The van der Waals surface area contributed by atoms with Gasteiger partial charge in [-0.05, 0) is 12.1 Å². The number of ether oxygens (including phenoxy) is 1. The predicted molar refractivity (Wildman–Crippen MR) is 83.8 cm³/mol. The third-order valence-electron chi connectivity index (χ3n) is 3.50. The molecule has 2 aromatic heterocycles. The number of pyridine rings is 1. The van der Waals surface area contributed by atoms with E-state index in [1.807, 2.05) is 0 Å². The van der Waals surface area contributed by atoms with Crippen LogP contribution in [0.5, 0.6) is 5.88 Å². The molecule has 1 N–H and O–H groups in total. The minimum Gasteiger partial charge on any atom is -0.470 e. The molecule has 0 atom stereocenters. The van der Waals surface area contributed by atoms with E-state index in [-0.39, 0.29) is 5.56 Å². The van der Waals surface area contributed by atoms with Crippen LogP contribution in [0.4, 0.5) is 39.5 Å². The van der Waals surface area contributed by atoms with Crippen LogP contribution in [0.15, 0.2) is 36.8 Å². The number of carbonyl (C=O) groups is 1. The number of amides is 1. The number of alkyl halides is 9. The van der Waals surface area contributed by atoms with Crippen molar-refractivity contribution in [3.63, 3.8) is 0 Å². The summed E-state index contributed by atoms with van der Waals surface area (Å²) in [5.74, 6) is -21.7. The van der Waals surface area contributed by atoms with Gasteiger partial charge in [0.1, 0.15) is 5.02 Å². The zero-order valence-corrected chi connectivity index (χ0v) is 15.4. The lowest BCUT2D eigenvalue weighted by Crippen LogP contribution is -2.62. The van der Waals surface area contributed by atoms with Gasteiger partial charge in [0.05, 0.1) is 11.8 Å². The minimum atomic E-state index is -7.05. The largest absolute Gasteiger partial charge is 0.470 e. The Morgan fingerprint density at radius 3 is 2.23 bits per heavy atom. The van der Waals surface area contributed by atoms with Crippen LogP contribution in [0, 0.1) is 0 Å². The van der Waals surface area contributed by atoms with Gasteiger partial charge in [0.25, 0.3) is 0 Å². The van der Waals surface area contributed by atoms with Gasteiger partial charge in [0, 0.05) is 22.2 Å². The van der Waals surface area contributed by atoms with Crippen molar-refractivity contribution in [3.05, 3.63) is 47.4 Å². The molecule has 0 unspecified atom stereocenters. The molecule has 2 aromatic rings. The lowest BCUT2D eigenvalue weighted by atomic mass is 10.0. The fourth-order valence-corrected chi connectivity index (χ4v) is 2.10. The van der Waals surface area contributed by atoms with Crippen molar-refractivity contribution in [2.45, 2.75) is 23.9 Å². The lowest BCUT2D eigenvalue weighted by molar-refractivity contribution is -0.702. The van der Waals surface area contributed by atoms with Crippen molar-refractivity contribution in [3.8, 4) is 5.88 Å². The van der Waals surface area contributed by atoms with Gasteiger partial charge in [0.15, 0.2) is 6.61 Å². The Morgan fingerprint density at radius 2 is 1.71 bits per heavy atom. The Kier molecular flexibility index (Phi) is 6.59. The van der Waals surface area contributed by atoms with Gasteiger partial charge in [-0.3, -0.25) is 4.79 Å². The first kappa shape index (κ1) is 24.4. The minimum absolute atomic E-state index is 0.281. The third-order valence-corrected chi connectivity index (χ3v) is 3.77. The van der Waals surface area contributed by atoms with Gasteiger partial charge >= 0.3 is 29.9 Å². The van der Waals surface area contributed by atoms with E-state index in [0.717, 1.165) is 10.9 Å². The first-order chi connectivity index (χ1) is 14.1. The topological polar surface area (TPSA) is 68.0 Å². The van der Waals surface area contributed by atoms with Gasteiger partial charge in [-0.2, -0.15) is 39.5 Å². The number of rotatable bonds is 7. The third kappa shape index (κ3) is 4.91. The molecule has 2 rings (SSSR count). The normalized spacial score (nSPS) is 13.1. The first-order valence-electron chi connectivity index (χ1n) is 7.73. The summed E-state index contributed by atoms with van der Waals surface area (Å²) in [6.45, 7) is -2.62. The van der Waals surface area contributed by atoms with E-state index in [1.165, 1.54) is 24.5 Å². The van der Waals surface area contributed by atoms with E-state index in [9.17, 15) is 44.3 Å². The summed E-state index contributed by atoms with van der Waals surface area (Å²) in [6, 6.07) is 3.84. The van der Waals surface area contributed by atoms with Crippen molar-refractivity contribution < 1.29 is 53.8 Å². The molecule has 0 aliphatic rings. The van der Waals surface area contributed by atoms with E-state index in [4.69, 9.17) is 11.6 Å².